The van der Waals surface area contributed by atoms with Gasteiger partial charge in [0.05, 0.1) is 13.7 Å². The number of rotatable bonds is 3. The van der Waals surface area contributed by atoms with Gasteiger partial charge in [-0.2, -0.15) is 0 Å². The first-order valence-corrected chi connectivity index (χ1v) is 5.80. The van der Waals surface area contributed by atoms with Crippen LogP contribution in [0.2, 0.25) is 0 Å². The zero-order chi connectivity index (χ0) is 13.3. The molecule has 0 saturated heterocycles. The van der Waals surface area contributed by atoms with Crippen LogP contribution in [0.3, 0.4) is 0 Å². The number of aliphatic hydroxyl groups excluding tert-OH is 1. The maximum Gasteiger partial charge on any atom is 0.139 e. The number of hydrogen-bond donors (Lipinski definition) is 1. The summed E-state index contributed by atoms with van der Waals surface area (Å²) in [6, 6.07) is 3.97. The molecule has 1 aromatic carbocycles. The molecule has 4 heteroatoms. The third-order valence-corrected chi connectivity index (χ3v) is 3.21. The van der Waals surface area contributed by atoms with Crippen molar-refractivity contribution < 1.29 is 14.4 Å². The highest BCUT2D eigenvalue weighted by Gasteiger charge is 2.18. The van der Waals surface area contributed by atoms with Gasteiger partial charge in [-0.1, -0.05) is 5.16 Å². The van der Waals surface area contributed by atoms with Crippen molar-refractivity contribution in [1.82, 2.24) is 5.16 Å². The fraction of sp³-hybridized carbons (Fsp3) is 0.357. The van der Waals surface area contributed by atoms with E-state index in [2.05, 4.69) is 5.16 Å². The number of aliphatic hydroxyl groups is 1. The summed E-state index contributed by atoms with van der Waals surface area (Å²) >= 11 is 0. The lowest BCUT2D eigenvalue weighted by Crippen LogP contribution is -1.95. The van der Waals surface area contributed by atoms with Crippen LogP contribution in [0.1, 0.15) is 22.5 Å². The molecule has 0 amide bonds. The predicted octanol–water partition coefficient (Wildman–Crippen LogP) is 2.77. The SMILES string of the molecule is COc1cc(C)c(C)cc1-c1noc(C)c1CO. The van der Waals surface area contributed by atoms with E-state index in [9.17, 15) is 5.11 Å². The van der Waals surface area contributed by atoms with Crippen LogP contribution < -0.4 is 4.74 Å². The predicted molar refractivity (Wildman–Crippen MR) is 68.6 cm³/mol. The third-order valence-electron chi connectivity index (χ3n) is 3.21. The first-order valence-electron chi connectivity index (χ1n) is 5.80. The van der Waals surface area contributed by atoms with E-state index in [1.807, 2.05) is 26.0 Å². The van der Waals surface area contributed by atoms with E-state index in [1.165, 1.54) is 0 Å². The Labute approximate surface area is 106 Å². The minimum Gasteiger partial charge on any atom is -0.496 e. The monoisotopic (exact) mass is 247 g/mol. The quantitative estimate of drug-likeness (QED) is 0.906. The number of aryl methyl sites for hydroxylation is 3. The van der Waals surface area contributed by atoms with Gasteiger partial charge in [-0.3, -0.25) is 0 Å². The molecule has 2 aromatic rings. The van der Waals surface area contributed by atoms with Crippen LogP contribution in [-0.4, -0.2) is 17.4 Å². The molecule has 0 unspecified atom stereocenters. The van der Waals surface area contributed by atoms with Crippen molar-refractivity contribution in [2.75, 3.05) is 7.11 Å². The average molecular weight is 247 g/mol. The summed E-state index contributed by atoms with van der Waals surface area (Å²) < 4.78 is 10.5. The second kappa shape index (κ2) is 4.82. The molecule has 1 heterocycles. The molecule has 0 saturated carbocycles. The fourth-order valence-corrected chi connectivity index (χ4v) is 1.93. The summed E-state index contributed by atoms with van der Waals surface area (Å²) in [7, 11) is 1.62. The summed E-state index contributed by atoms with van der Waals surface area (Å²) in [4.78, 5) is 0. The van der Waals surface area contributed by atoms with Crippen molar-refractivity contribution in [2.24, 2.45) is 0 Å². The van der Waals surface area contributed by atoms with Gasteiger partial charge in [0.25, 0.3) is 0 Å². The van der Waals surface area contributed by atoms with Gasteiger partial charge in [0.1, 0.15) is 17.2 Å². The van der Waals surface area contributed by atoms with Gasteiger partial charge in [-0.25, -0.2) is 0 Å². The Bertz CT molecular complexity index is 573. The Morgan fingerprint density at radius 3 is 2.50 bits per heavy atom. The van der Waals surface area contributed by atoms with Crippen molar-refractivity contribution in [3.63, 3.8) is 0 Å². The summed E-state index contributed by atoms with van der Waals surface area (Å²) in [6.45, 7) is 5.75. The van der Waals surface area contributed by atoms with E-state index >= 15 is 0 Å². The van der Waals surface area contributed by atoms with Gasteiger partial charge >= 0.3 is 0 Å². The molecular weight excluding hydrogens is 230 g/mol. The van der Waals surface area contributed by atoms with E-state index in [1.54, 1.807) is 14.0 Å². The van der Waals surface area contributed by atoms with Crippen molar-refractivity contribution in [2.45, 2.75) is 27.4 Å². The molecular formula is C14H17NO3. The molecule has 4 nitrogen and oxygen atoms in total. The molecule has 96 valence electrons. The van der Waals surface area contributed by atoms with E-state index in [0.29, 0.717) is 17.0 Å². The maximum atomic E-state index is 9.40. The molecule has 0 radical (unpaired) electrons. The molecule has 0 aliphatic rings. The number of benzene rings is 1. The Hall–Kier alpha value is -1.81. The van der Waals surface area contributed by atoms with E-state index in [4.69, 9.17) is 9.26 Å². The highest BCUT2D eigenvalue weighted by atomic mass is 16.5. The van der Waals surface area contributed by atoms with Crippen LogP contribution in [0.5, 0.6) is 5.75 Å². The number of ether oxygens (including phenoxy) is 1. The van der Waals surface area contributed by atoms with Crippen LogP contribution in [-0.2, 0) is 6.61 Å². The molecule has 0 spiro atoms. The number of aromatic nitrogens is 1. The summed E-state index contributed by atoms with van der Waals surface area (Å²) in [5, 5.41) is 13.4. The highest BCUT2D eigenvalue weighted by Crippen LogP contribution is 2.34. The Morgan fingerprint density at radius 1 is 1.22 bits per heavy atom. The van der Waals surface area contributed by atoms with E-state index < -0.39 is 0 Å². The Kier molecular flexibility index (Phi) is 3.39. The van der Waals surface area contributed by atoms with E-state index in [0.717, 1.165) is 22.4 Å². The van der Waals surface area contributed by atoms with Gasteiger partial charge in [0, 0.05) is 11.1 Å². The molecule has 0 bridgehead atoms. The van der Waals surface area contributed by atoms with Crippen molar-refractivity contribution >= 4 is 0 Å². The zero-order valence-corrected chi connectivity index (χ0v) is 11.1. The summed E-state index contributed by atoms with van der Waals surface area (Å²) in [5.41, 5.74) is 4.50. The van der Waals surface area contributed by atoms with Crippen molar-refractivity contribution in [1.29, 1.82) is 0 Å². The van der Waals surface area contributed by atoms with E-state index in [-0.39, 0.29) is 6.61 Å². The zero-order valence-electron chi connectivity index (χ0n) is 11.1. The highest BCUT2D eigenvalue weighted by molar-refractivity contribution is 5.71. The molecule has 1 aromatic heterocycles. The minimum atomic E-state index is -0.0965. The number of hydrogen-bond acceptors (Lipinski definition) is 4. The molecule has 1 N–H and O–H groups in total. The summed E-state index contributed by atoms with van der Waals surface area (Å²) in [5.74, 6) is 1.37. The lowest BCUT2D eigenvalue weighted by molar-refractivity contribution is 0.278. The Balaban J connectivity index is 2.66. The van der Waals surface area contributed by atoms with Crippen molar-refractivity contribution in [3.05, 3.63) is 34.6 Å². The van der Waals surface area contributed by atoms with Crippen LogP contribution in [0.4, 0.5) is 0 Å². The lowest BCUT2D eigenvalue weighted by Gasteiger charge is -2.10. The smallest absolute Gasteiger partial charge is 0.139 e. The second-order valence-corrected chi connectivity index (χ2v) is 4.36. The average Bonchev–Trinajstić information content (AvgIpc) is 2.73. The molecule has 0 atom stereocenters. The van der Waals surface area contributed by atoms with Crippen LogP contribution in [0.25, 0.3) is 11.3 Å². The second-order valence-electron chi connectivity index (χ2n) is 4.36. The standard InChI is InChI=1S/C14H17NO3/c1-8-5-11(13(17-4)6-9(8)2)14-12(7-16)10(3)18-15-14/h5-6,16H,7H2,1-4H3. The molecule has 2 rings (SSSR count). The summed E-state index contributed by atoms with van der Waals surface area (Å²) in [6.07, 6.45) is 0. The van der Waals surface area contributed by atoms with Gasteiger partial charge in [0.15, 0.2) is 0 Å². The molecule has 0 aliphatic carbocycles. The Morgan fingerprint density at radius 2 is 1.89 bits per heavy atom. The first-order chi connectivity index (χ1) is 8.58. The minimum absolute atomic E-state index is 0.0965. The van der Waals surface area contributed by atoms with Crippen LogP contribution in [0.15, 0.2) is 16.7 Å². The normalized spacial score (nSPS) is 10.7. The molecule has 0 aliphatic heterocycles. The third kappa shape index (κ3) is 1.99. The topological polar surface area (TPSA) is 55.5 Å². The molecule has 18 heavy (non-hydrogen) atoms. The van der Waals surface area contributed by atoms with Crippen LogP contribution in [0, 0.1) is 20.8 Å². The maximum absolute atomic E-state index is 9.40. The molecule has 0 fully saturated rings. The van der Waals surface area contributed by atoms with Crippen molar-refractivity contribution in [3.8, 4) is 17.0 Å². The van der Waals surface area contributed by atoms with Gasteiger partial charge in [0.2, 0.25) is 0 Å². The van der Waals surface area contributed by atoms with Gasteiger partial charge in [-0.05, 0) is 44.0 Å². The van der Waals surface area contributed by atoms with Gasteiger partial charge < -0.3 is 14.4 Å². The van der Waals surface area contributed by atoms with Gasteiger partial charge in [-0.15, -0.1) is 0 Å². The first kappa shape index (κ1) is 12.6. The fourth-order valence-electron chi connectivity index (χ4n) is 1.93. The number of nitrogens with zero attached hydrogens (tertiary/aromatic N) is 1. The van der Waals surface area contributed by atoms with Crippen LogP contribution >= 0.6 is 0 Å². The number of methoxy groups -OCH3 is 1. The largest absolute Gasteiger partial charge is 0.496 e. The lowest BCUT2D eigenvalue weighted by atomic mass is 10.0.